The molecule has 7 heteroatoms. The Labute approximate surface area is 174 Å². The van der Waals surface area contributed by atoms with Crippen molar-refractivity contribution in [2.24, 2.45) is 4.99 Å². The van der Waals surface area contributed by atoms with Gasteiger partial charge in [-0.2, -0.15) is 0 Å². The van der Waals surface area contributed by atoms with E-state index in [0.29, 0.717) is 12.6 Å². The van der Waals surface area contributed by atoms with Crippen LogP contribution in [0.2, 0.25) is 0 Å². The van der Waals surface area contributed by atoms with Crippen LogP contribution in [0.1, 0.15) is 26.7 Å². The van der Waals surface area contributed by atoms with Gasteiger partial charge in [-0.3, -0.25) is 9.89 Å². The molecule has 1 aromatic rings. The number of rotatable bonds is 8. The average Bonchev–Trinajstić information content (AvgIpc) is 3.10. The van der Waals surface area contributed by atoms with Gasteiger partial charge in [0.25, 0.3) is 0 Å². The lowest BCUT2D eigenvalue weighted by Crippen LogP contribution is -2.46. The second-order valence-corrected chi connectivity index (χ2v) is 6.36. The van der Waals surface area contributed by atoms with Crippen LogP contribution in [0.4, 0.5) is 0 Å². The molecule has 0 radical (unpaired) electrons. The van der Waals surface area contributed by atoms with Gasteiger partial charge < -0.3 is 20.1 Å². The number of guanidine groups is 1. The number of nitrogens with zero attached hydrogens (tertiary/aromatic N) is 2. The zero-order valence-corrected chi connectivity index (χ0v) is 18.7. The Balaban J connectivity index is 0.00000338. The molecule has 0 saturated carbocycles. The molecule has 26 heavy (non-hydrogen) atoms. The van der Waals surface area contributed by atoms with E-state index in [1.807, 2.05) is 31.2 Å². The molecule has 0 spiro atoms. The number of aliphatic imine (C=N–C) groups is 1. The fourth-order valence-corrected chi connectivity index (χ4v) is 3.15. The molecule has 2 rings (SSSR count). The van der Waals surface area contributed by atoms with E-state index >= 15 is 0 Å². The van der Waals surface area contributed by atoms with E-state index in [9.17, 15) is 0 Å². The van der Waals surface area contributed by atoms with Crippen LogP contribution >= 0.6 is 24.0 Å². The van der Waals surface area contributed by atoms with Gasteiger partial charge in [0.05, 0.1) is 13.7 Å². The normalized spacial score (nSPS) is 18.8. The standard InChI is InChI=1S/C19H32N4O2.HI/c1-5-23-12-6-7-16(23)14-22-19(20-3)21-13-15(2)25-18-10-8-17(24-4)9-11-18;/h8-11,15-16H,5-7,12-14H2,1-4H3,(H2,20,21,22);1H. The summed E-state index contributed by atoms with van der Waals surface area (Å²) in [5.74, 6) is 2.49. The van der Waals surface area contributed by atoms with Gasteiger partial charge in [0.1, 0.15) is 17.6 Å². The first-order valence-electron chi connectivity index (χ1n) is 9.15. The molecule has 1 aromatic carbocycles. The SMILES string of the molecule is CCN1CCCC1CNC(=NC)NCC(C)Oc1ccc(OC)cc1.I. The van der Waals surface area contributed by atoms with Gasteiger partial charge in [-0.25, -0.2) is 0 Å². The number of nitrogens with one attached hydrogen (secondary N) is 2. The maximum atomic E-state index is 5.91. The molecule has 1 aliphatic rings. The molecular weight excluding hydrogens is 443 g/mol. The second kappa shape index (κ2) is 12.2. The zero-order valence-electron chi connectivity index (χ0n) is 16.3. The van der Waals surface area contributed by atoms with Crippen molar-refractivity contribution in [1.29, 1.82) is 0 Å². The van der Waals surface area contributed by atoms with E-state index in [0.717, 1.165) is 30.5 Å². The van der Waals surface area contributed by atoms with E-state index in [1.54, 1.807) is 14.2 Å². The molecule has 0 aromatic heterocycles. The first-order valence-corrected chi connectivity index (χ1v) is 9.15. The Morgan fingerprint density at radius 3 is 2.58 bits per heavy atom. The summed E-state index contributed by atoms with van der Waals surface area (Å²) >= 11 is 0. The monoisotopic (exact) mass is 476 g/mol. The third-order valence-corrected chi connectivity index (χ3v) is 4.59. The summed E-state index contributed by atoms with van der Waals surface area (Å²) in [6.45, 7) is 8.21. The maximum Gasteiger partial charge on any atom is 0.191 e. The molecule has 0 amide bonds. The third kappa shape index (κ3) is 7.19. The van der Waals surface area contributed by atoms with E-state index in [1.165, 1.54) is 19.4 Å². The molecule has 1 heterocycles. The number of methoxy groups -OCH3 is 1. The Morgan fingerprint density at radius 1 is 1.27 bits per heavy atom. The summed E-state index contributed by atoms with van der Waals surface area (Å²) in [5, 5.41) is 6.77. The first-order chi connectivity index (χ1) is 12.2. The summed E-state index contributed by atoms with van der Waals surface area (Å²) in [5.41, 5.74) is 0. The van der Waals surface area contributed by atoms with E-state index in [4.69, 9.17) is 9.47 Å². The second-order valence-electron chi connectivity index (χ2n) is 6.36. The van der Waals surface area contributed by atoms with Crippen molar-refractivity contribution in [3.8, 4) is 11.5 Å². The van der Waals surface area contributed by atoms with E-state index in [2.05, 4.69) is 27.4 Å². The molecule has 1 aliphatic heterocycles. The summed E-state index contributed by atoms with van der Waals surface area (Å²) in [7, 11) is 3.46. The van der Waals surface area contributed by atoms with Crippen molar-refractivity contribution in [2.45, 2.75) is 38.8 Å². The fourth-order valence-electron chi connectivity index (χ4n) is 3.15. The molecule has 2 atom stereocenters. The van der Waals surface area contributed by atoms with E-state index < -0.39 is 0 Å². The van der Waals surface area contributed by atoms with Crippen molar-refractivity contribution in [3.05, 3.63) is 24.3 Å². The van der Waals surface area contributed by atoms with Gasteiger partial charge >= 0.3 is 0 Å². The van der Waals surface area contributed by atoms with Crippen LogP contribution in [-0.2, 0) is 0 Å². The highest BCUT2D eigenvalue weighted by molar-refractivity contribution is 14.0. The van der Waals surface area contributed by atoms with Gasteiger partial charge in [0.2, 0.25) is 0 Å². The number of halogens is 1. The minimum Gasteiger partial charge on any atom is -0.497 e. The highest BCUT2D eigenvalue weighted by atomic mass is 127. The van der Waals surface area contributed by atoms with Crippen molar-refractivity contribution >= 4 is 29.9 Å². The molecule has 0 aliphatic carbocycles. The van der Waals surface area contributed by atoms with Crippen molar-refractivity contribution in [1.82, 2.24) is 15.5 Å². The smallest absolute Gasteiger partial charge is 0.191 e. The van der Waals surface area contributed by atoms with Crippen LogP contribution in [0.3, 0.4) is 0 Å². The quantitative estimate of drug-likeness (QED) is 0.344. The van der Waals surface area contributed by atoms with Gasteiger partial charge in [-0.15, -0.1) is 24.0 Å². The topological polar surface area (TPSA) is 58.1 Å². The average molecular weight is 476 g/mol. The number of benzene rings is 1. The van der Waals surface area contributed by atoms with Crippen molar-refractivity contribution < 1.29 is 9.47 Å². The number of ether oxygens (including phenoxy) is 2. The first kappa shape index (κ1) is 22.8. The molecule has 2 N–H and O–H groups in total. The molecular formula is C19H33IN4O2. The summed E-state index contributed by atoms with van der Waals surface area (Å²) in [6, 6.07) is 8.24. The highest BCUT2D eigenvalue weighted by Gasteiger charge is 2.22. The molecule has 1 saturated heterocycles. The number of hydrogen-bond acceptors (Lipinski definition) is 4. The lowest BCUT2D eigenvalue weighted by atomic mass is 10.2. The Kier molecular flexibility index (Phi) is 10.7. The largest absolute Gasteiger partial charge is 0.497 e. The zero-order chi connectivity index (χ0) is 18.1. The van der Waals surface area contributed by atoms with Gasteiger partial charge in [0.15, 0.2) is 5.96 Å². The van der Waals surface area contributed by atoms with Crippen LogP contribution in [0.25, 0.3) is 0 Å². The molecule has 148 valence electrons. The Hall–Kier alpha value is -1.22. The maximum absolute atomic E-state index is 5.91. The Morgan fingerprint density at radius 2 is 1.96 bits per heavy atom. The summed E-state index contributed by atoms with van der Waals surface area (Å²) in [6.07, 6.45) is 2.58. The molecule has 6 nitrogen and oxygen atoms in total. The number of hydrogen-bond donors (Lipinski definition) is 2. The summed E-state index contributed by atoms with van der Waals surface area (Å²) < 4.78 is 11.1. The molecule has 2 unspecified atom stereocenters. The number of likely N-dealkylation sites (tertiary alicyclic amines) is 1. The number of likely N-dealkylation sites (N-methyl/N-ethyl adjacent to an activating group) is 1. The van der Waals surface area contributed by atoms with Crippen LogP contribution < -0.4 is 20.1 Å². The fraction of sp³-hybridized carbons (Fsp3) is 0.632. The minimum absolute atomic E-state index is 0. The van der Waals surface area contributed by atoms with Gasteiger partial charge in [-0.1, -0.05) is 6.92 Å². The lowest BCUT2D eigenvalue weighted by Gasteiger charge is -2.24. The van der Waals surface area contributed by atoms with Crippen LogP contribution in [-0.4, -0.2) is 63.3 Å². The Bertz CT molecular complexity index is 539. The van der Waals surface area contributed by atoms with Gasteiger partial charge in [0, 0.05) is 19.6 Å². The predicted octanol–water partition coefficient (Wildman–Crippen LogP) is 2.73. The lowest BCUT2D eigenvalue weighted by molar-refractivity contribution is 0.223. The molecule has 0 bridgehead atoms. The summed E-state index contributed by atoms with van der Waals surface area (Å²) in [4.78, 5) is 6.83. The minimum atomic E-state index is 0. The predicted molar refractivity (Wildman–Crippen MR) is 118 cm³/mol. The van der Waals surface area contributed by atoms with E-state index in [-0.39, 0.29) is 30.1 Å². The highest BCUT2D eigenvalue weighted by Crippen LogP contribution is 2.18. The van der Waals surface area contributed by atoms with Crippen LogP contribution in [0.5, 0.6) is 11.5 Å². The van der Waals surface area contributed by atoms with Crippen molar-refractivity contribution in [3.63, 3.8) is 0 Å². The van der Waals surface area contributed by atoms with Crippen molar-refractivity contribution in [2.75, 3.05) is 40.3 Å². The van der Waals surface area contributed by atoms with Crippen LogP contribution in [0.15, 0.2) is 29.3 Å². The molecule has 1 fully saturated rings. The van der Waals surface area contributed by atoms with Crippen LogP contribution in [0, 0.1) is 0 Å². The third-order valence-electron chi connectivity index (χ3n) is 4.59. The van der Waals surface area contributed by atoms with Gasteiger partial charge in [-0.05, 0) is 57.1 Å².